The van der Waals surface area contributed by atoms with Crippen molar-refractivity contribution in [1.82, 2.24) is 14.8 Å². The van der Waals surface area contributed by atoms with Crippen LogP contribution in [0.3, 0.4) is 0 Å². The van der Waals surface area contributed by atoms with Gasteiger partial charge >= 0.3 is 6.09 Å². The lowest BCUT2D eigenvalue weighted by Gasteiger charge is -2.67. The Morgan fingerprint density at radius 3 is 2.58 bits per heavy atom. The number of aromatic hydroxyl groups is 1. The first-order valence-electron chi connectivity index (χ1n) is 12.5. The number of H-pyrrole nitrogens is 1. The molecule has 10 nitrogen and oxygen atoms in total. The molecule has 6 rings (SSSR count). The molecule has 0 aliphatic carbocycles. The second-order valence-corrected chi connectivity index (χ2v) is 11.4. The molecule has 4 heterocycles. The van der Waals surface area contributed by atoms with Gasteiger partial charge in [0.1, 0.15) is 11.4 Å². The fourth-order valence-corrected chi connectivity index (χ4v) is 6.41. The quantitative estimate of drug-likeness (QED) is 0.453. The van der Waals surface area contributed by atoms with Gasteiger partial charge in [0.15, 0.2) is 12.5 Å². The molecule has 3 N–H and O–H groups in total. The van der Waals surface area contributed by atoms with Crippen LogP contribution in [0.2, 0.25) is 0 Å². The largest absolute Gasteiger partial charge is 0.494 e. The maximum Gasteiger partial charge on any atom is 0.407 e. The third-order valence-electron chi connectivity index (χ3n) is 7.69. The van der Waals surface area contributed by atoms with Crippen LogP contribution in [0.4, 0.5) is 10.5 Å². The maximum atomic E-state index is 12.9. The third kappa shape index (κ3) is 3.62. The highest BCUT2D eigenvalue weighted by Gasteiger charge is 2.64. The van der Waals surface area contributed by atoms with Crippen LogP contribution in [0, 0.1) is 10.8 Å². The number of nitrogens with zero attached hydrogens (tertiary/aromatic N) is 4. The minimum Gasteiger partial charge on any atom is -0.494 e. The molecular weight excluding hydrogens is 486 g/mol. The normalized spacial score (nSPS) is 20.8. The first-order chi connectivity index (χ1) is 18.1. The van der Waals surface area contributed by atoms with Crippen LogP contribution >= 0.6 is 0 Å². The van der Waals surface area contributed by atoms with Crippen LogP contribution in [0.5, 0.6) is 5.88 Å². The average Bonchev–Trinajstić information content (AvgIpc) is 3.32. The van der Waals surface area contributed by atoms with E-state index in [-0.39, 0.29) is 35.3 Å². The van der Waals surface area contributed by atoms with Gasteiger partial charge in [0.05, 0.1) is 17.3 Å². The summed E-state index contributed by atoms with van der Waals surface area (Å²) in [5.74, 6) is -0.224. The van der Waals surface area contributed by atoms with Crippen LogP contribution in [0.1, 0.15) is 31.9 Å². The summed E-state index contributed by atoms with van der Waals surface area (Å²) in [5, 5.41) is 25.3. The van der Waals surface area contributed by atoms with E-state index in [9.17, 15) is 19.8 Å². The number of carboxylic acid groups (broad SMARTS) is 1. The fourth-order valence-electron chi connectivity index (χ4n) is 6.41. The van der Waals surface area contributed by atoms with E-state index in [4.69, 9.17) is 9.83 Å². The van der Waals surface area contributed by atoms with E-state index in [1.54, 1.807) is 4.90 Å². The lowest BCUT2D eigenvalue weighted by molar-refractivity contribution is -0.193. The number of carbonyl (C=O) groups is 2. The summed E-state index contributed by atoms with van der Waals surface area (Å²) in [6.07, 6.45) is -0.921. The van der Waals surface area contributed by atoms with E-state index in [1.807, 2.05) is 69.3 Å². The van der Waals surface area contributed by atoms with Crippen molar-refractivity contribution in [3.8, 4) is 5.88 Å². The summed E-state index contributed by atoms with van der Waals surface area (Å²) >= 11 is 0. The smallest absolute Gasteiger partial charge is 0.407 e. The zero-order valence-corrected chi connectivity index (χ0v) is 21.4. The van der Waals surface area contributed by atoms with Crippen LogP contribution in [-0.2, 0) is 9.63 Å². The van der Waals surface area contributed by atoms with E-state index in [0.29, 0.717) is 42.3 Å². The van der Waals surface area contributed by atoms with Gasteiger partial charge in [-0.3, -0.25) is 4.79 Å². The summed E-state index contributed by atoms with van der Waals surface area (Å²) in [6, 6.07) is 14.9. The number of hydrogen-bond acceptors (Lipinski definition) is 6. The number of aromatic nitrogens is 1. The number of nitrogens with one attached hydrogen (secondary N) is 1. The molecule has 2 fully saturated rings. The van der Waals surface area contributed by atoms with Gasteiger partial charge in [-0.15, -0.1) is 0 Å². The van der Waals surface area contributed by atoms with Crippen molar-refractivity contribution in [2.24, 2.45) is 21.0 Å². The third-order valence-corrected chi connectivity index (χ3v) is 7.69. The van der Waals surface area contributed by atoms with Gasteiger partial charge in [0.2, 0.25) is 0 Å². The maximum absolute atomic E-state index is 12.9. The van der Waals surface area contributed by atoms with Crippen molar-refractivity contribution in [2.75, 3.05) is 26.2 Å². The minimum atomic E-state index is -0.921. The Morgan fingerprint density at radius 1 is 1.13 bits per heavy atom. The number of aliphatic imine (C=N–C) groups is 1. The van der Waals surface area contributed by atoms with E-state index >= 15 is 0 Å². The highest BCUT2D eigenvalue weighted by Crippen LogP contribution is 2.52. The van der Waals surface area contributed by atoms with Gasteiger partial charge in [-0.05, 0) is 17.5 Å². The van der Waals surface area contributed by atoms with Crippen LogP contribution in [-0.4, -0.2) is 80.7 Å². The standard InChI is InChI=1S/C28H29N5O5/c1-27(2,3)25-28(15-33(25)26(36)37)13-32(14-28)20(34)12-38-31-22-17-9-5-7-11-19(17)29-23(22)21-16-8-4-6-10-18(16)30-24(21)35/h4-11,25,30,35H,12-15H2,1-3H3,(H,36,37)/b31-22+. The number of rotatable bonds is 4. The molecule has 1 spiro atoms. The fraction of sp³-hybridized carbons (Fsp3) is 0.357. The Hall–Kier alpha value is -4.34. The van der Waals surface area contributed by atoms with Gasteiger partial charge in [-0.2, -0.15) is 0 Å². The minimum absolute atomic E-state index is 0.0169. The van der Waals surface area contributed by atoms with Crippen LogP contribution < -0.4 is 0 Å². The van der Waals surface area contributed by atoms with Crippen molar-refractivity contribution in [3.63, 3.8) is 0 Å². The molecule has 2 aromatic carbocycles. The zero-order chi connectivity index (χ0) is 26.8. The predicted octanol–water partition coefficient (Wildman–Crippen LogP) is 3.97. The zero-order valence-electron chi connectivity index (χ0n) is 21.4. The molecule has 3 aliphatic rings. The number of likely N-dealkylation sites (tertiary alicyclic amines) is 2. The molecule has 1 atom stereocenters. The second-order valence-electron chi connectivity index (χ2n) is 11.4. The van der Waals surface area contributed by atoms with Gasteiger partial charge in [0, 0.05) is 41.5 Å². The lowest BCUT2D eigenvalue weighted by Crippen LogP contribution is -2.81. The van der Waals surface area contributed by atoms with Crippen molar-refractivity contribution in [3.05, 3.63) is 59.7 Å². The Kier molecular flexibility index (Phi) is 5.27. The first-order valence-corrected chi connectivity index (χ1v) is 12.5. The van der Waals surface area contributed by atoms with E-state index < -0.39 is 6.09 Å². The van der Waals surface area contributed by atoms with Crippen molar-refractivity contribution in [1.29, 1.82) is 0 Å². The molecule has 1 unspecified atom stereocenters. The predicted molar refractivity (Wildman–Crippen MR) is 142 cm³/mol. The molecule has 0 radical (unpaired) electrons. The summed E-state index contributed by atoms with van der Waals surface area (Å²) in [5.41, 5.74) is 3.21. The van der Waals surface area contributed by atoms with Crippen molar-refractivity contribution >= 4 is 40.0 Å². The van der Waals surface area contributed by atoms with E-state index in [1.165, 1.54) is 4.90 Å². The second kappa shape index (κ2) is 8.34. The monoisotopic (exact) mass is 515 g/mol. The average molecular weight is 516 g/mol. The number of aromatic amines is 1. The molecule has 0 bridgehead atoms. The molecule has 38 heavy (non-hydrogen) atoms. The molecule has 2 saturated heterocycles. The molecule has 0 saturated carbocycles. The number of oxime groups is 1. The van der Waals surface area contributed by atoms with E-state index in [0.717, 1.165) is 16.5 Å². The Bertz CT molecular complexity index is 1530. The first kappa shape index (κ1) is 24.0. The number of hydrogen-bond donors (Lipinski definition) is 3. The van der Waals surface area contributed by atoms with Crippen LogP contribution in [0.25, 0.3) is 10.9 Å². The topological polar surface area (TPSA) is 131 Å². The molecule has 2 amide bonds. The highest BCUT2D eigenvalue weighted by molar-refractivity contribution is 6.58. The highest BCUT2D eigenvalue weighted by atomic mass is 16.6. The summed E-state index contributed by atoms with van der Waals surface area (Å²) in [4.78, 5) is 41.0. The van der Waals surface area contributed by atoms with Gasteiger partial charge in [-0.25, -0.2) is 9.79 Å². The summed E-state index contributed by atoms with van der Waals surface area (Å²) < 4.78 is 0. The molecule has 3 aliphatic heterocycles. The Labute approximate surface area is 219 Å². The number of para-hydroxylation sites is 2. The number of carbonyl (C=O) groups excluding carboxylic acids is 1. The Morgan fingerprint density at radius 2 is 1.84 bits per heavy atom. The molecule has 3 aromatic rings. The van der Waals surface area contributed by atoms with Gasteiger partial charge in [-0.1, -0.05) is 62.3 Å². The van der Waals surface area contributed by atoms with Crippen LogP contribution in [0.15, 0.2) is 58.7 Å². The SMILES string of the molecule is CC(C)(C)C1N(C(=O)O)CC12CN(C(=O)CO/N=C1/C(c3c(O)[nH]c4ccccc34)=Nc3ccccc31)C2. The van der Waals surface area contributed by atoms with E-state index in [2.05, 4.69) is 10.1 Å². The molecular formula is C28H29N5O5. The summed E-state index contributed by atoms with van der Waals surface area (Å²) in [6.45, 7) is 7.26. The molecule has 196 valence electrons. The summed E-state index contributed by atoms with van der Waals surface area (Å²) in [7, 11) is 0. The Balaban J connectivity index is 1.18. The van der Waals surface area contributed by atoms with Gasteiger partial charge in [0.25, 0.3) is 5.91 Å². The molecule has 10 heteroatoms. The molecule has 1 aromatic heterocycles. The lowest BCUT2D eigenvalue weighted by atomic mass is 9.58. The van der Waals surface area contributed by atoms with Crippen molar-refractivity contribution < 1.29 is 24.6 Å². The number of fused-ring (bicyclic) bond motifs is 2. The number of benzene rings is 2. The van der Waals surface area contributed by atoms with Crippen molar-refractivity contribution in [2.45, 2.75) is 26.8 Å². The number of amides is 2. The van der Waals surface area contributed by atoms with Gasteiger partial charge < -0.3 is 29.8 Å².